The third-order valence-electron chi connectivity index (χ3n) is 6.52. The smallest absolute Gasteiger partial charge is 0.451 e. The maximum absolute atomic E-state index is 11.9. The SMILES string of the molecule is N[C@](CCCCB(O)O)(C(=O)O)[C@H]1CC[C@@H](NCc2ccc(-c3ccccc3)cc2)C1. The summed E-state index contributed by atoms with van der Waals surface area (Å²) in [5.41, 5.74) is 8.68. The van der Waals surface area contributed by atoms with Gasteiger partial charge in [-0.2, -0.15) is 0 Å². The van der Waals surface area contributed by atoms with E-state index in [0.29, 0.717) is 19.3 Å². The molecule has 6 N–H and O–H groups in total. The van der Waals surface area contributed by atoms with E-state index in [2.05, 4.69) is 41.7 Å². The molecule has 1 fully saturated rings. The Labute approximate surface area is 184 Å². The number of aliphatic carboxylic acids is 1. The van der Waals surface area contributed by atoms with Crippen LogP contribution in [-0.2, 0) is 11.3 Å². The van der Waals surface area contributed by atoms with Gasteiger partial charge in [0.1, 0.15) is 5.54 Å². The van der Waals surface area contributed by atoms with Crippen molar-refractivity contribution in [2.24, 2.45) is 11.7 Å². The van der Waals surface area contributed by atoms with Crippen molar-refractivity contribution in [1.29, 1.82) is 0 Å². The average molecular weight is 424 g/mol. The normalized spacial score (nSPS) is 20.4. The molecule has 2 aromatic rings. The summed E-state index contributed by atoms with van der Waals surface area (Å²) in [6.07, 6.45) is 4.17. The number of carboxylic acid groups (broad SMARTS) is 1. The topological polar surface area (TPSA) is 116 Å². The number of rotatable bonds is 11. The van der Waals surface area contributed by atoms with E-state index in [1.807, 2.05) is 18.2 Å². The van der Waals surface area contributed by atoms with Crippen LogP contribution in [0.3, 0.4) is 0 Å². The second-order valence-corrected chi connectivity index (χ2v) is 8.72. The van der Waals surface area contributed by atoms with Crippen molar-refractivity contribution in [3.05, 3.63) is 60.2 Å². The number of unbranched alkanes of at least 4 members (excludes halogenated alkanes) is 1. The Kier molecular flexibility index (Phi) is 8.26. The van der Waals surface area contributed by atoms with Crippen LogP contribution in [0, 0.1) is 5.92 Å². The molecule has 0 radical (unpaired) electrons. The van der Waals surface area contributed by atoms with Gasteiger partial charge in [0.05, 0.1) is 0 Å². The molecule has 1 saturated carbocycles. The number of carbonyl (C=O) groups is 1. The molecule has 7 heteroatoms. The Morgan fingerprint density at radius 1 is 1.03 bits per heavy atom. The van der Waals surface area contributed by atoms with E-state index >= 15 is 0 Å². The van der Waals surface area contributed by atoms with Gasteiger partial charge in [-0.25, -0.2) is 0 Å². The van der Waals surface area contributed by atoms with Gasteiger partial charge in [0.25, 0.3) is 0 Å². The second kappa shape index (κ2) is 10.9. The molecule has 0 unspecified atom stereocenters. The molecule has 2 aromatic carbocycles. The van der Waals surface area contributed by atoms with Crippen LogP contribution in [0.5, 0.6) is 0 Å². The molecule has 0 amide bonds. The molecular weight excluding hydrogens is 391 g/mol. The average Bonchev–Trinajstić information content (AvgIpc) is 3.25. The molecule has 0 saturated heterocycles. The lowest BCUT2D eigenvalue weighted by Gasteiger charge is -2.31. The molecule has 0 aliphatic heterocycles. The first-order valence-electron chi connectivity index (χ1n) is 11.1. The summed E-state index contributed by atoms with van der Waals surface area (Å²) in [7, 11) is -1.35. The largest absolute Gasteiger partial charge is 0.480 e. The maximum Gasteiger partial charge on any atom is 0.451 e. The third-order valence-corrected chi connectivity index (χ3v) is 6.52. The molecule has 166 valence electrons. The van der Waals surface area contributed by atoms with E-state index in [4.69, 9.17) is 15.8 Å². The molecule has 6 nitrogen and oxygen atoms in total. The highest BCUT2D eigenvalue weighted by Crippen LogP contribution is 2.36. The van der Waals surface area contributed by atoms with Gasteiger partial charge in [0.15, 0.2) is 0 Å². The predicted octanol–water partition coefficient (Wildman–Crippen LogP) is 3.04. The number of carboxylic acids is 1. The first kappa shape index (κ1) is 23.5. The summed E-state index contributed by atoms with van der Waals surface area (Å²) in [6.45, 7) is 0.742. The molecule has 1 aliphatic carbocycles. The van der Waals surface area contributed by atoms with Gasteiger partial charge in [-0.1, -0.05) is 67.4 Å². The lowest BCUT2D eigenvalue weighted by Crippen LogP contribution is -2.53. The standard InChI is InChI=1S/C24H33BN2O4/c26-24(23(28)29,14-4-5-15-25(30)31)21-12-13-22(16-21)27-17-18-8-10-20(11-9-18)19-6-2-1-3-7-19/h1-3,6-11,21-22,27,30-31H,4-5,12-17,26H2,(H,28,29)/t21-,22+,24-/m0/s1. The van der Waals surface area contributed by atoms with E-state index in [0.717, 1.165) is 25.8 Å². The van der Waals surface area contributed by atoms with Crippen LogP contribution in [0.25, 0.3) is 11.1 Å². The minimum absolute atomic E-state index is 0.0815. The monoisotopic (exact) mass is 424 g/mol. The molecule has 31 heavy (non-hydrogen) atoms. The minimum atomic E-state index is -1.35. The second-order valence-electron chi connectivity index (χ2n) is 8.72. The number of hydrogen-bond acceptors (Lipinski definition) is 5. The molecule has 0 spiro atoms. The fourth-order valence-corrected chi connectivity index (χ4v) is 4.57. The highest BCUT2D eigenvalue weighted by Gasteiger charge is 2.45. The van der Waals surface area contributed by atoms with Crippen LogP contribution in [0.15, 0.2) is 54.6 Å². The van der Waals surface area contributed by atoms with Gasteiger partial charge >= 0.3 is 13.1 Å². The van der Waals surface area contributed by atoms with Gasteiger partial charge in [-0.15, -0.1) is 0 Å². The van der Waals surface area contributed by atoms with Crippen molar-refractivity contribution in [2.75, 3.05) is 0 Å². The van der Waals surface area contributed by atoms with Crippen LogP contribution in [0.1, 0.15) is 44.1 Å². The Morgan fingerprint density at radius 2 is 1.71 bits per heavy atom. The van der Waals surface area contributed by atoms with Crippen molar-refractivity contribution < 1.29 is 19.9 Å². The molecule has 3 rings (SSSR count). The zero-order valence-corrected chi connectivity index (χ0v) is 17.9. The zero-order valence-electron chi connectivity index (χ0n) is 17.9. The van der Waals surface area contributed by atoms with Crippen molar-refractivity contribution >= 4 is 13.1 Å². The fourth-order valence-electron chi connectivity index (χ4n) is 4.57. The first-order chi connectivity index (χ1) is 14.9. The van der Waals surface area contributed by atoms with E-state index < -0.39 is 18.6 Å². The number of benzene rings is 2. The number of hydrogen-bond donors (Lipinski definition) is 5. The number of nitrogens with one attached hydrogen (secondary N) is 1. The molecule has 0 heterocycles. The summed E-state index contributed by atoms with van der Waals surface area (Å²) in [5, 5.41) is 31.3. The van der Waals surface area contributed by atoms with Crippen molar-refractivity contribution in [1.82, 2.24) is 5.32 Å². The Hall–Kier alpha value is -2.19. The van der Waals surface area contributed by atoms with E-state index in [-0.39, 0.29) is 18.3 Å². The molecule has 3 atom stereocenters. The minimum Gasteiger partial charge on any atom is -0.480 e. The highest BCUT2D eigenvalue weighted by molar-refractivity contribution is 6.40. The van der Waals surface area contributed by atoms with Crippen LogP contribution >= 0.6 is 0 Å². The third kappa shape index (κ3) is 6.40. The summed E-state index contributed by atoms with van der Waals surface area (Å²) >= 11 is 0. The number of nitrogens with two attached hydrogens (primary N) is 1. The Morgan fingerprint density at radius 3 is 2.35 bits per heavy atom. The summed E-state index contributed by atoms with van der Waals surface area (Å²) < 4.78 is 0. The summed E-state index contributed by atoms with van der Waals surface area (Å²) in [6, 6.07) is 19.0. The van der Waals surface area contributed by atoms with Gasteiger partial charge in [-0.05, 0) is 54.6 Å². The fraction of sp³-hybridized carbons (Fsp3) is 0.458. The lowest BCUT2D eigenvalue weighted by molar-refractivity contribution is -0.146. The van der Waals surface area contributed by atoms with E-state index in [9.17, 15) is 9.90 Å². The van der Waals surface area contributed by atoms with Crippen molar-refractivity contribution in [3.8, 4) is 11.1 Å². The van der Waals surface area contributed by atoms with Gasteiger partial charge in [0, 0.05) is 12.6 Å². The van der Waals surface area contributed by atoms with Gasteiger partial charge in [-0.3, -0.25) is 4.79 Å². The van der Waals surface area contributed by atoms with E-state index in [1.54, 1.807) is 0 Å². The maximum atomic E-state index is 11.9. The highest BCUT2D eigenvalue weighted by atomic mass is 16.4. The lowest BCUT2D eigenvalue weighted by atomic mass is 9.77. The molecule has 1 aliphatic rings. The van der Waals surface area contributed by atoms with Crippen LogP contribution < -0.4 is 11.1 Å². The summed E-state index contributed by atoms with van der Waals surface area (Å²) in [4.78, 5) is 11.9. The van der Waals surface area contributed by atoms with Crippen LogP contribution in [0.4, 0.5) is 0 Å². The molecule has 0 aromatic heterocycles. The van der Waals surface area contributed by atoms with Crippen LogP contribution in [0.2, 0.25) is 6.32 Å². The molecule has 0 bridgehead atoms. The van der Waals surface area contributed by atoms with Crippen molar-refractivity contribution in [2.45, 2.75) is 63.0 Å². The summed E-state index contributed by atoms with van der Waals surface area (Å²) in [5.74, 6) is -1.04. The van der Waals surface area contributed by atoms with Crippen LogP contribution in [-0.4, -0.2) is 39.8 Å². The molecular formula is C24H33BN2O4. The van der Waals surface area contributed by atoms with Gasteiger partial charge < -0.3 is 26.2 Å². The quantitative estimate of drug-likeness (QED) is 0.280. The Bertz CT molecular complexity index is 831. The zero-order chi connectivity index (χ0) is 22.3. The first-order valence-corrected chi connectivity index (χ1v) is 11.1. The van der Waals surface area contributed by atoms with Gasteiger partial charge in [0.2, 0.25) is 0 Å². The van der Waals surface area contributed by atoms with E-state index in [1.165, 1.54) is 16.7 Å². The predicted molar refractivity (Wildman–Crippen MR) is 123 cm³/mol. The van der Waals surface area contributed by atoms with Crippen molar-refractivity contribution in [3.63, 3.8) is 0 Å². The Balaban J connectivity index is 1.50.